The lowest BCUT2D eigenvalue weighted by atomic mass is 10.0. The molecule has 7 nitrogen and oxygen atoms in total. The van der Waals surface area contributed by atoms with Crippen molar-refractivity contribution >= 4 is 11.9 Å². The van der Waals surface area contributed by atoms with Gasteiger partial charge in [0.25, 0.3) is 5.91 Å². The molecule has 2 bridgehead atoms. The Bertz CT molecular complexity index is 624. The smallest absolute Gasteiger partial charge is 0.309 e. The molecule has 0 spiro atoms. The first kappa shape index (κ1) is 18.7. The average molecular weight is 361 g/mol. The molecule has 26 heavy (non-hydrogen) atoms. The van der Waals surface area contributed by atoms with Gasteiger partial charge in [0.15, 0.2) is 0 Å². The van der Waals surface area contributed by atoms with Crippen molar-refractivity contribution in [1.82, 2.24) is 15.0 Å². The quantitative estimate of drug-likeness (QED) is 0.527. The van der Waals surface area contributed by atoms with Crippen LogP contribution in [0.1, 0.15) is 38.2 Å². The summed E-state index contributed by atoms with van der Waals surface area (Å²) < 4.78 is 0. The molecular weight excluding hydrogens is 334 g/mol. The van der Waals surface area contributed by atoms with Crippen LogP contribution in [0.5, 0.6) is 0 Å². The third kappa shape index (κ3) is 3.99. The number of carbonyl (C=O) groups is 2. The van der Waals surface area contributed by atoms with Crippen LogP contribution >= 0.6 is 0 Å². The van der Waals surface area contributed by atoms with E-state index in [-0.39, 0.29) is 18.0 Å². The Balaban J connectivity index is 1.58. The van der Waals surface area contributed by atoms with Crippen LogP contribution in [0.15, 0.2) is 30.3 Å². The number of hydroxylamine groups is 4. The van der Waals surface area contributed by atoms with Crippen LogP contribution in [0.25, 0.3) is 0 Å². The Morgan fingerprint density at radius 2 is 2.04 bits per heavy atom. The number of amides is 3. The average Bonchev–Trinajstić information content (AvgIpc) is 2.91. The van der Waals surface area contributed by atoms with E-state index in [1.165, 1.54) is 10.1 Å². The molecule has 2 heterocycles. The van der Waals surface area contributed by atoms with E-state index in [1.807, 2.05) is 30.3 Å². The Morgan fingerprint density at radius 1 is 1.27 bits per heavy atom. The first-order valence-corrected chi connectivity index (χ1v) is 9.29. The zero-order chi connectivity index (χ0) is 18.5. The SMILES string of the molecule is CCCCON(C)C(=O)[C@@H]1CCC2CN1C(=O)N2OCc1ccccc1. The van der Waals surface area contributed by atoms with Gasteiger partial charge in [0, 0.05) is 13.6 Å². The summed E-state index contributed by atoms with van der Waals surface area (Å²) in [4.78, 5) is 38.2. The van der Waals surface area contributed by atoms with Crippen LogP contribution in [0, 0.1) is 0 Å². The van der Waals surface area contributed by atoms with E-state index in [9.17, 15) is 9.59 Å². The van der Waals surface area contributed by atoms with Crippen molar-refractivity contribution in [2.75, 3.05) is 20.2 Å². The van der Waals surface area contributed by atoms with E-state index >= 15 is 0 Å². The van der Waals surface area contributed by atoms with Crippen LogP contribution in [0.4, 0.5) is 4.79 Å². The highest BCUT2D eigenvalue weighted by atomic mass is 16.7. The molecule has 2 aliphatic heterocycles. The maximum absolute atomic E-state index is 12.7. The summed E-state index contributed by atoms with van der Waals surface area (Å²) in [7, 11) is 1.62. The van der Waals surface area contributed by atoms with Crippen molar-refractivity contribution in [3.05, 3.63) is 35.9 Å². The second-order valence-electron chi connectivity index (χ2n) is 6.79. The van der Waals surface area contributed by atoms with E-state index < -0.39 is 6.04 Å². The fourth-order valence-corrected chi connectivity index (χ4v) is 3.39. The van der Waals surface area contributed by atoms with E-state index in [1.54, 1.807) is 11.9 Å². The Hall–Kier alpha value is -2.12. The molecular formula is C19H27N3O4. The molecule has 2 atom stereocenters. The van der Waals surface area contributed by atoms with E-state index in [2.05, 4.69) is 6.92 Å². The Morgan fingerprint density at radius 3 is 2.77 bits per heavy atom. The highest BCUT2D eigenvalue weighted by Crippen LogP contribution is 2.31. The van der Waals surface area contributed by atoms with Crippen LogP contribution in [-0.4, -0.2) is 59.2 Å². The Labute approximate surface area is 154 Å². The van der Waals surface area contributed by atoms with Gasteiger partial charge in [-0.2, -0.15) is 5.06 Å². The zero-order valence-corrected chi connectivity index (χ0v) is 15.5. The summed E-state index contributed by atoms with van der Waals surface area (Å²) in [5.74, 6) is -0.169. The minimum atomic E-state index is -0.476. The third-order valence-electron chi connectivity index (χ3n) is 4.91. The lowest BCUT2D eigenvalue weighted by Gasteiger charge is -2.31. The van der Waals surface area contributed by atoms with Crippen LogP contribution in [0.2, 0.25) is 0 Å². The summed E-state index contributed by atoms with van der Waals surface area (Å²) >= 11 is 0. The molecule has 3 amide bonds. The normalized spacial score (nSPS) is 22.0. The van der Waals surface area contributed by atoms with Crippen molar-refractivity contribution in [2.24, 2.45) is 0 Å². The van der Waals surface area contributed by atoms with Crippen LogP contribution in [-0.2, 0) is 21.1 Å². The van der Waals surface area contributed by atoms with Gasteiger partial charge < -0.3 is 4.90 Å². The number of piperidine rings is 1. The molecule has 1 aromatic carbocycles. The van der Waals surface area contributed by atoms with Gasteiger partial charge in [-0.15, -0.1) is 0 Å². The van der Waals surface area contributed by atoms with Gasteiger partial charge in [-0.1, -0.05) is 43.7 Å². The number of unbranched alkanes of at least 4 members (excludes halogenated alkanes) is 1. The number of likely N-dealkylation sites (N-methyl/N-ethyl adjacent to an activating group) is 1. The topological polar surface area (TPSA) is 62.3 Å². The standard InChI is InChI=1S/C19H27N3O4/c1-3-4-12-25-20(2)18(23)17-11-10-16-13-21(17)19(24)22(16)26-14-15-8-6-5-7-9-15/h5-9,16-17H,3-4,10-14H2,1-2H3/t16?,17-/m0/s1. The molecule has 0 N–H and O–H groups in total. The molecule has 0 aliphatic carbocycles. The van der Waals surface area contributed by atoms with Crippen molar-refractivity contribution in [2.45, 2.75) is 51.3 Å². The summed E-state index contributed by atoms with van der Waals surface area (Å²) in [6.45, 7) is 3.44. The van der Waals surface area contributed by atoms with Crippen molar-refractivity contribution < 1.29 is 19.3 Å². The number of rotatable bonds is 8. The summed E-state index contributed by atoms with van der Waals surface area (Å²) in [5, 5.41) is 2.72. The number of hydrogen-bond donors (Lipinski definition) is 0. The summed E-state index contributed by atoms with van der Waals surface area (Å²) in [6.07, 6.45) is 3.28. The van der Waals surface area contributed by atoms with Gasteiger partial charge in [-0.25, -0.2) is 9.86 Å². The fourth-order valence-electron chi connectivity index (χ4n) is 3.39. The molecule has 0 aromatic heterocycles. The predicted octanol–water partition coefficient (Wildman–Crippen LogP) is 2.58. The predicted molar refractivity (Wildman–Crippen MR) is 95.6 cm³/mol. The largest absolute Gasteiger partial charge is 0.345 e. The van der Waals surface area contributed by atoms with Gasteiger partial charge in [0.1, 0.15) is 12.6 Å². The summed E-state index contributed by atoms with van der Waals surface area (Å²) in [5.41, 5.74) is 1.01. The molecule has 142 valence electrons. The number of nitrogens with zero attached hydrogens (tertiary/aromatic N) is 3. The molecule has 0 saturated carbocycles. The van der Waals surface area contributed by atoms with Crippen LogP contribution < -0.4 is 0 Å². The van der Waals surface area contributed by atoms with Gasteiger partial charge in [0.05, 0.1) is 12.6 Å². The van der Waals surface area contributed by atoms with Crippen molar-refractivity contribution in [3.8, 4) is 0 Å². The number of hydrogen-bond acceptors (Lipinski definition) is 4. The number of urea groups is 1. The van der Waals surface area contributed by atoms with E-state index in [0.717, 1.165) is 24.8 Å². The van der Waals surface area contributed by atoms with Gasteiger partial charge in [0.2, 0.25) is 0 Å². The maximum Gasteiger partial charge on any atom is 0.345 e. The Kier molecular flexibility index (Phi) is 6.11. The zero-order valence-electron chi connectivity index (χ0n) is 15.5. The molecule has 0 radical (unpaired) electrons. The van der Waals surface area contributed by atoms with Gasteiger partial charge >= 0.3 is 6.03 Å². The molecule has 7 heteroatoms. The minimum Gasteiger partial charge on any atom is -0.309 e. The highest BCUT2D eigenvalue weighted by molar-refractivity contribution is 5.87. The number of fused-ring (bicyclic) bond motifs is 2. The van der Waals surface area contributed by atoms with Crippen molar-refractivity contribution in [1.29, 1.82) is 0 Å². The molecule has 2 fully saturated rings. The first-order chi connectivity index (χ1) is 12.6. The number of benzene rings is 1. The highest BCUT2D eigenvalue weighted by Gasteiger charge is 2.48. The summed E-state index contributed by atoms with van der Waals surface area (Å²) in [6, 6.07) is 9.04. The monoisotopic (exact) mass is 361 g/mol. The lowest BCUT2D eigenvalue weighted by Crippen LogP contribution is -2.50. The molecule has 1 aromatic rings. The number of carbonyl (C=O) groups excluding carboxylic acids is 2. The molecule has 1 unspecified atom stereocenters. The maximum atomic E-state index is 12.7. The minimum absolute atomic E-state index is 0.00146. The first-order valence-electron chi connectivity index (χ1n) is 9.29. The second-order valence-corrected chi connectivity index (χ2v) is 6.79. The van der Waals surface area contributed by atoms with Crippen molar-refractivity contribution in [3.63, 3.8) is 0 Å². The fraction of sp³-hybridized carbons (Fsp3) is 0.579. The second kappa shape index (κ2) is 8.51. The van der Waals surface area contributed by atoms with Gasteiger partial charge in [-0.3, -0.25) is 14.5 Å². The van der Waals surface area contributed by atoms with Crippen LogP contribution in [0.3, 0.4) is 0 Å². The molecule has 3 rings (SSSR count). The molecule has 2 aliphatic rings. The van der Waals surface area contributed by atoms with E-state index in [0.29, 0.717) is 26.2 Å². The van der Waals surface area contributed by atoms with E-state index in [4.69, 9.17) is 9.68 Å². The third-order valence-corrected chi connectivity index (χ3v) is 4.91. The van der Waals surface area contributed by atoms with Gasteiger partial charge in [-0.05, 0) is 24.8 Å². The lowest BCUT2D eigenvalue weighted by molar-refractivity contribution is -0.183. The molecule has 2 saturated heterocycles.